The molecule has 2 amide bonds. The molecule has 0 saturated carbocycles. The Hall–Kier alpha value is -3.86. The van der Waals surface area contributed by atoms with Crippen molar-refractivity contribution in [3.8, 4) is 17.2 Å². The third-order valence-electron chi connectivity index (χ3n) is 6.83. The normalized spacial score (nSPS) is 12.2. The van der Waals surface area contributed by atoms with Crippen LogP contribution in [0.3, 0.4) is 0 Å². The van der Waals surface area contributed by atoms with Crippen molar-refractivity contribution in [2.45, 2.75) is 58.7 Å². The lowest BCUT2D eigenvalue weighted by Gasteiger charge is -2.35. The predicted molar refractivity (Wildman–Crippen MR) is 152 cm³/mol. The molecule has 1 N–H and O–H groups in total. The topological polar surface area (TPSA) is 117 Å². The van der Waals surface area contributed by atoms with Crippen LogP contribution in [0.1, 0.15) is 52.1 Å². The molecule has 3 rings (SSSR count). The van der Waals surface area contributed by atoms with Crippen LogP contribution in [0.5, 0.6) is 17.2 Å². The van der Waals surface area contributed by atoms with E-state index >= 15 is 0 Å². The second-order valence-corrected chi connectivity index (χ2v) is 9.96. The maximum Gasteiger partial charge on any atom is 0.247 e. The minimum Gasteiger partial charge on any atom is -0.493 e. The molecule has 0 radical (unpaired) electrons. The van der Waals surface area contributed by atoms with Crippen LogP contribution in [0.4, 0.5) is 0 Å². The van der Waals surface area contributed by atoms with Gasteiger partial charge in [0.05, 0.1) is 26.8 Å². The Labute approximate surface area is 235 Å². The van der Waals surface area contributed by atoms with Gasteiger partial charge in [-0.2, -0.15) is 0 Å². The van der Waals surface area contributed by atoms with Gasteiger partial charge in [0.1, 0.15) is 18.1 Å². The van der Waals surface area contributed by atoms with Crippen molar-refractivity contribution >= 4 is 22.8 Å². The Morgan fingerprint density at radius 3 is 2.33 bits per heavy atom. The number of hydrogen-bond acceptors (Lipinski definition) is 8. The average Bonchev–Trinajstić information content (AvgIpc) is 3.36. The third-order valence-corrected chi connectivity index (χ3v) is 6.83. The number of carbonyl (C=O) groups excluding carboxylic acids is 2. The van der Waals surface area contributed by atoms with Crippen LogP contribution in [0.15, 0.2) is 36.4 Å². The molecule has 1 heterocycles. The van der Waals surface area contributed by atoms with E-state index in [1.165, 1.54) is 21.3 Å². The highest BCUT2D eigenvalue weighted by atomic mass is 16.5. The van der Waals surface area contributed by atoms with E-state index in [0.717, 1.165) is 5.52 Å². The van der Waals surface area contributed by atoms with Crippen LogP contribution in [-0.2, 0) is 20.9 Å². The minimum atomic E-state index is -0.997. The van der Waals surface area contributed by atoms with Crippen LogP contribution >= 0.6 is 0 Å². The predicted octanol–water partition coefficient (Wildman–Crippen LogP) is 3.76. The van der Waals surface area contributed by atoms with Gasteiger partial charge in [0, 0.05) is 25.3 Å². The zero-order valence-corrected chi connectivity index (χ0v) is 24.5. The maximum absolute atomic E-state index is 14.0. The zero-order chi connectivity index (χ0) is 29.3. The summed E-state index contributed by atoms with van der Waals surface area (Å²) in [6.45, 7) is 8.97. The summed E-state index contributed by atoms with van der Waals surface area (Å²) in [7, 11) is 4.54. The van der Waals surface area contributed by atoms with Gasteiger partial charge in [0.25, 0.3) is 0 Å². The monoisotopic (exact) mass is 555 g/mol. The molecule has 0 aliphatic heterocycles. The number of carbonyl (C=O) groups is 2. The van der Waals surface area contributed by atoms with Crippen molar-refractivity contribution in [3.05, 3.63) is 42.0 Å². The highest BCUT2D eigenvalue weighted by Gasteiger charge is 2.35. The van der Waals surface area contributed by atoms with E-state index in [9.17, 15) is 9.59 Å². The number of ether oxygens (including phenoxy) is 4. The van der Waals surface area contributed by atoms with Gasteiger partial charge in [-0.05, 0) is 63.4 Å². The lowest BCUT2D eigenvalue weighted by atomic mass is 9.98. The molecular weight excluding hydrogens is 514 g/mol. The van der Waals surface area contributed by atoms with Gasteiger partial charge < -0.3 is 29.2 Å². The fourth-order valence-electron chi connectivity index (χ4n) is 4.35. The Morgan fingerprint density at radius 1 is 1.05 bits per heavy atom. The number of benzene rings is 2. The number of nitrogens with one attached hydrogen (secondary N) is 1. The van der Waals surface area contributed by atoms with Crippen molar-refractivity contribution in [1.82, 2.24) is 25.2 Å². The molecular formula is C29H41N5O6. The smallest absolute Gasteiger partial charge is 0.247 e. The molecule has 11 heteroatoms. The van der Waals surface area contributed by atoms with Gasteiger partial charge in [0.2, 0.25) is 17.6 Å². The number of nitrogens with zero attached hydrogens (tertiary/aromatic N) is 4. The van der Waals surface area contributed by atoms with E-state index in [0.29, 0.717) is 54.4 Å². The summed E-state index contributed by atoms with van der Waals surface area (Å²) < 4.78 is 23.7. The summed E-state index contributed by atoms with van der Waals surface area (Å²) in [4.78, 5) is 29.6. The van der Waals surface area contributed by atoms with E-state index < -0.39 is 11.6 Å². The second kappa shape index (κ2) is 14.0. The summed E-state index contributed by atoms with van der Waals surface area (Å²) in [5, 5.41) is 11.5. The molecule has 0 spiro atoms. The van der Waals surface area contributed by atoms with Gasteiger partial charge in [0.15, 0.2) is 11.5 Å². The van der Waals surface area contributed by atoms with Crippen LogP contribution < -0.4 is 19.5 Å². The van der Waals surface area contributed by atoms with Crippen molar-refractivity contribution in [2.75, 3.05) is 41.1 Å². The summed E-state index contributed by atoms with van der Waals surface area (Å²) in [5.74, 6) is 0.538. The highest BCUT2D eigenvalue weighted by molar-refractivity contribution is 5.90. The molecule has 0 aliphatic carbocycles. The molecule has 11 nitrogen and oxygen atoms in total. The van der Waals surface area contributed by atoms with Gasteiger partial charge in [-0.1, -0.05) is 24.3 Å². The molecule has 0 saturated heterocycles. The first-order chi connectivity index (χ1) is 19.2. The van der Waals surface area contributed by atoms with Crippen LogP contribution in [-0.4, -0.2) is 78.3 Å². The Bertz CT molecular complexity index is 1270. The standard InChI is InChI=1S/C29H41N5O6/c1-8-29(3,4)30-28(36)26(20-17-23(37-5)27(39-7)24(18-20)38-6)33(15-12-16-40-9-2)25(35)19-34-22-14-11-10-13-21(22)31-32-34/h10-11,13-14,17-18,26H,8-9,12,15-16,19H2,1-7H3,(H,30,36)/t26-/m1/s1. The molecule has 218 valence electrons. The van der Waals surface area contributed by atoms with Crippen molar-refractivity contribution in [2.24, 2.45) is 0 Å². The van der Waals surface area contributed by atoms with Crippen molar-refractivity contribution < 1.29 is 28.5 Å². The highest BCUT2D eigenvalue weighted by Crippen LogP contribution is 2.41. The first-order valence-corrected chi connectivity index (χ1v) is 13.5. The molecule has 3 aromatic rings. The van der Waals surface area contributed by atoms with Crippen LogP contribution in [0, 0.1) is 0 Å². The summed E-state index contributed by atoms with van der Waals surface area (Å²) >= 11 is 0. The van der Waals surface area contributed by atoms with Crippen molar-refractivity contribution in [1.29, 1.82) is 0 Å². The number of fused-ring (bicyclic) bond motifs is 1. The van der Waals surface area contributed by atoms with E-state index in [-0.39, 0.29) is 24.9 Å². The third kappa shape index (κ3) is 7.20. The molecule has 40 heavy (non-hydrogen) atoms. The SMILES string of the molecule is CCOCCCN(C(=O)Cn1nnc2ccccc21)[C@@H](C(=O)NC(C)(C)CC)c1cc(OC)c(OC)c(OC)c1. The number of hydrogen-bond donors (Lipinski definition) is 1. The van der Waals surface area contributed by atoms with Gasteiger partial charge in [-0.15, -0.1) is 5.10 Å². The molecule has 0 aliphatic rings. The largest absolute Gasteiger partial charge is 0.493 e. The number of rotatable bonds is 15. The van der Waals surface area contributed by atoms with Gasteiger partial charge >= 0.3 is 0 Å². The zero-order valence-electron chi connectivity index (χ0n) is 24.5. The second-order valence-electron chi connectivity index (χ2n) is 9.96. The van der Waals surface area contributed by atoms with E-state index in [1.807, 2.05) is 52.0 Å². The molecule has 2 aromatic carbocycles. The van der Waals surface area contributed by atoms with E-state index in [1.54, 1.807) is 21.7 Å². The molecule has 1 aromatic heterocycles. The quantitative estimate of drug-likeness (QED) is 0.282. The minimum absolute atomic E-state index is 0.0967. The summed E-state index contributed by atoms with van der Waals surface area (Å²) in [6, 6.07) is 9.84. The summed E-state index contributed by atoms with van der Waals surface area (Å²) in [5.41, 5.74) is 1.43. The van der Waals surface area contributed by atoms with E-state index in [4.69, 9.17) is 18.9 Å². The fourth-order valence-corrected chi connectivity index (χ4v) is 4.35. The molecule has 0 fully saturated rings. The maximum atomic E-state index is 14.0. The van der Waals surface area contributed by atoms with Gasteiger partial charge in [-0.3, -0.25) is 9.59 Å². The molecule has 0 unspecified atom stereocenters. The number of aromatic nitrogens is 3. The van der Waals surface area contributed by atoms with E-state index in [2.05, 4.69) is 15.6 Å². The molecule has 1 atom stereocenters. The summed E-state index contributed by atoms with van der Waals surface area (Å²) in [6.07, 6.45) is 1.23. The fraction of sp³-hybridized carbons (Fsp3) is 0.517. The first kappa shape index (κ1) is 30.7. The lowest BCUT2D eigenvalue weighted by molar-refractivity contribution is -0.142. The Balaban J connectivity index is 2.11. The van der Waals surface area contributed by atoms with Gasteiger partial charge in [-0.25, -0.2) is 4.68 Å². The first-order valence-electron chi connectivity index (χ1n) is 13.5. The number of methoxy groups -OCH3 is 3. The Kier molecular flexibility index (Phi) is 10.7. The molecule has 0 bridgehead atoms. The lowest BCUT2D eigenvalue weighted by Crippen LogP contribution is -2.51. The van der Waals surface area contributed by atoms with Crippen molar-refractivity contribution in [3.63, 3.8) is 0 Å². The number of para-hydroxylation sites is 1. The average molecular weight is 556 g/mol. The Morgan fingerprint density at radius 2 is 1.73 bits per heavy atom. The van der Waals surface area contributed by atoms with Crippen LogP contribution in [0.25, 0.3) is 11.0 Å². The number of amides is 2. The van der Waals surface area contributed by atoms with Crippen LogP contribution in [0.2, 0.25) is 0 Å².